The van der Waals surface area contributed by atoms with Gasteiger partial charge >= 0.3 is 0 Å². The van der Waals surface area contributed by atoms with Crippen LogP contribution in [0.2, 0.25) is 0 Å². The first kappa shape index (κ1) is 16.1. The number of rotatable bonds is 5. The Morgan fingerprint density at radius 1 is 0.958 bits per heavy atom. The van der Waals surface area contributed by atoms with Crippen LogP contribution in [0.4, 0.5) is 0 Å². The van der Waals surface area contributed by atoms with Gasteiger partial charge < -0.3 is 4.74 Å². The van der Waals surface area contributed by atoms with Crippen LogP contribution in [0.15, 0.2) is 78.0 Å². The van der Waals surface area contributed by atoms with Crippen molar-refractivity contribution in [2.24, 2.45) is 0 Å². The van der Waals surface area contributed by atoms with Crippen molar-refractivity contribution in [3.63, 3.8) is 0 Å². The van der Waals surface area contributed by atoms with Crippen molar-refractivity contribution in [2.45, 2.75) is 20.3 Å². The molecular weight excluding hydrogens is 292 g/mol. The third-order valence-electron chi connectivity index (χ3n) is 4.08. The Labute approximate surface area is 143 Å². The van der Waals surface area contributed by atoms with E-state index in [0.717, 1.165) is 23.3 Å². The molecule has 3 aromatic carbocycles. The zero-order valence-corrected chi connectivity index (χ0v) is 14.3. The Bertz CT molecular complexity index is 881. The van der Waals surface area contributed by atoms with E-state index in [2.05, 4.69) is 74.2 Å². The molecule has 0 aliphatic carbocycles. The maximum absolute atomic E-state index is 5.96. The molecule has 0 saturated carbocycles. The Balaban J connectivity index is 1.72. The molecule has 0 bridgehead atoms. The monoisotopic (exact) mass is 314 g/mol. The summed E-state index contributed by atoms with van der Waals surface area (Å²) < 4.78 is 5.96. The number of fused-ring (bicyclic) bond motifs is 1. The van der Waals surface area contributed by atoms with Crippen LogP contribution in [-0.2, 0) is 0 Å². The summed E-state index contributed by atoms with van der Waals surface area (Å²) in [5.74, 6) is 0.900. The molecule has 0 amide bonds. The van der Waals surface area contributed by atoms with Gasteiger partial charge in [0.25, 0.3) is 0 Å². The Kier molecular flexibility index (Phi) is 5.15. The summed E-state index contributed by atoms with van der Waals surface area (Å²) in [4.78, 5) is 0. The lowest BCUT2D eigenvalue weighted by Crippen LogP contribution is -1.99. The molecule has 0 fully saturated rings. The molecule has 0 radical (unpaired) electrons. The fourth-order valence-corrected chi connectivity index (χ4v) is 2.52. The molecule has 0 atom stereocenters. The van der Waals surface area contributed by atoms with Crippen molar-refractivity contribution in [2.75, 3.05) is 6.61 Å². The summed E-state index contributed by atoms with van der Waals surface area (Å²) in [6.07, 6.45) is 2.96. The lowest BCUT2D eigenvalue weighted by Gasteiger charge is -2.08. The normalized spacial score (nSPS) is 10.2. The SMILES string of the molecule is CCC(=C=Cc1ccc(C)cc1)COc1ccc2ccccc2c1. The topological polar surface area (TPSA) is 9.23 Å². The average molecular weight is 314 g/mol. The number of benzene rings is 3. The molecule has 0 aliphatic rings. The van der Waals surface area contributed by atoms with Gasteiger partial charge in [-0.15, -0.1) is 5.73 Å². The van der Waals surface area contributed by atoms with Crippen molar-refractivity contribution in [3.05, 3.63) is 89.2 Å². The lowest BCUT2D eigenvalue weighted by atomic mass is 10.1. The van der Waals surface area contributed by atoms with Gasteiger partial charge in [-0.1, -0.05) is 67.1 Å². The minimum atomic E-state index is 0.567. The number of hydrogen-bond donors (Lipinski definition) is 0. The maximum Gasteiger partial charge on any atom is 0.120 e. The second-order valence-corrected chi connectivity index (χ2v) is 5.95. The summed E-state index contributed by atoms with van der Waals surface area (Å²) in [6, 6.07) is 23.0. The third-order valence-corrected chi connectivity index (χ3v) is 4.08. The molecule has 0 heterocycles. The van der Waals surface area contributed by atoms with E-state index in [9.17, 15) is 0 Å². The highest BCUT2D eigenvalue weighted by Gasteiger charge is 1.99. The summed E-state index contributed by atoms with van der Waals surface area (Å²) in [6.45, 7) is 4.80. The van der Waals surface area contributed by atoms with E-state index in [-0.39, 0.29) is 0 Å². The summed E-state index contributed by atoms with van der Waals surface area (Å²) in [5, 5.41) is 2.43. The van der Waals surface area contributed by atoms with E-state index >= 15 is 0 Å². The molecular formula is C23H22O. The summed E-state index contributed by atoms with van der Waals surface area (Å²) >= 11 is 0. The second-order valence-electron chi connectivity index (χ2n) is 5.95. The number of aryl methyl sites for hydroxylation is 1. The van der Waals surface area contributed by atoms with Gasteiger partial charge in [0.2, 0.25) is 0 Å². The summed E-state index contributed by atoms with van der Waals surface area (Å²) in [5.41, 5.74) is 6.97. The molecule has 0 saturated heterocycles. The molecule has 0 unspecified atom stereocenters. The van der Waals surface area contributed by atoms with Crippen molar-refractivity contribution in [1.82, 2.24) is 0 Å². The molecule has 120 valence electrons. The van der Waals surface area contributed by atoms with E-state index in [1.54, 1.807) is 0 Å². The molecule has 0 aromatic heterocycles. The van der Waals surface area contributed by atoms with Gasteiger partial charge in [0.15, 0.2) is 0 Å². The highest BCUT2D eigenvalue weighted by molar-refractivity contribution is 5.83. The first-order valence-electron chi connectivity index (χ1n) is 8.37. The van der Waals surface area contributed by atoms with Crippen molar-refractivity contribution in [1.29, 1.82) is 0 Å². The predicted octanol–water partition coefficient (Wildman–Crippen LogP) is 6.18. The molecule has 0 aliphatic heterocycles. The lowest BCUT2D eigenvalue weighted by molar-refractivity contribution is 0.349. The standard InChI is InChI=1S/C23H22O/c1-3-19(12-13-20-10-8-18(2)9-11-20)17-24-23-15-14-21-6-4-5-7-22(21)16-23/h4-11,13-16H,3,17H2,1-2H3. The van der Waals surface area contributed by atoms with E-state index in [1.807, 2.05) is 18.2 Å². The predicted molar refractivity (Wildman–Crippen MR) is 102 cm³/mol. The Hall–Kier alpha value is -2.76. The highest BCUT2D eigenvalue weighted by atomic mass is 16.5. The maximum atomic E-state index is 5.96. The zero-order chi connectivity index (χ0) is 16.8. The number of ether oxygens (including phenoxy) is 1. The van der Waals surface area contributed by atoms with Gasteiger partial charge in [0, 0.05) is 5.57 Å². The van der Waals surface area contributed by atoms with Crippen LogP contribution in [0.25, 0.3) is 16.8 Å². The first-order chi connectivity index (χ1) is 11.7. The molecule has 3 aromatic rings. The van der Waals surface area contributed by atoms with E-state index in [0.29, 0.717) is 6.61 Å². The smallest absolute Gasteiger partial charge is 0.120 e. The van der Waals surface area contributed by atoms with Gasteiger partial charge in [0.05, 0.1) is 0 Å². The quantitative estimate of drug-likeness (QED) is 0.511. The van der Waals surface area contributed by atoms with Crippen LogP contribution in [0, 0.1) is 6.92 Å². The van der Waals surface area contributed by atoms with Crippen LogP contribution < -0.4 is 4.74 Å². The van der Waals surface area contributed by atoms with Gasteiger partial charge in [-0.3, -0.25) is 0 Å². The molecule has 0 spiro atoms. The third kappa shape index (κ3) is 4.16. The van der Waals surface area contributed by atoms with Crippen LogP contribution in [0.1, 0.15) is 24.5 Å². The summed E-state index contributed by atoms with van der Waals surface area (Å²) in [7, 11) is 0. The minimum Gasteiger partial charge on any atom is -0.489 e. The van der Waals surface area contributed by atoms with Gasteiger partial charge in [-0.25, -0.2) is 0 Å². The van der Waals surface area contributed by atoms with Crippen molar-refractivity contribution in [3.8, 4) is 5.75 Å². The Morgan fingerprint density at radius 3 is 2.46 bits per heavy atom. The van der Waals surface area contributed by atoms with E-state index in [4.69, 9.17) is 4.74 Å². The fraction of sp³-hybridized carbons (Fsp3) is 0.174. The number of hydrogen-bond acceptors (Lipinski definition) is 1. The molecule has 24 heavy (non-hydrogen) atoms. The molecule has 0 N–H and O–H groups in total. The van der Waals surface area contributed by atoms with Crippen LogP contribution in [-0.4, -0.2) is 6.61 Å². The van der Waals surface area contributed by atoms with Crippen LogP contribution in [0.5, 0.6) is 5.75 Å². The van der Waals surface area contributed by atoms with Gasteiger partial charge in [0.1, 0.15) is 12.4 Å². The highest BCUT2D eigenvalue weighted by Crippen LogP contribution is 2.21. The Morgan fingerprint density at radius 2 is 1.71 bits per heavy atom. The van der Waals surface area contributed by atoms with Crippen LogP contribution >= 0.6 is 0 Å². The van der Waals surface area contributed by atoms with E-state index < -0.39 is 0 Å². The average Bonchev–Trinajstić information content (AvgIpc) is 2.63. The minimum absolute atomic E-state index is 0.567. The van der Waals surface area contributed by atoms with Crippen molar-refractivity contribution >= 4 is 16.8 Å². The molecule has 1 nitrogen and oxygen atoms in total. The zero-order valence-electron chi connectivity index (χ0n) is 14.3. The molecule has 1 heteroatoms. The van der Waals surface area contributed by atoms with E-state index in [1.165, 1.54) is 16.3 Å². The molecule has 3 rings (SSSR count). The van der Waals surface area contributed by atoms with Crippen molar-refractivity contribution < 1.29 is 4.74 Å². The van der Waals surface area contributed by atoms with Gasteiger partial charge in [-0.05, 0) is 47.9 Å². The fourth-order valence-electron chi connectivity index (χ4n) is 2.52. The second kappa shape index (κ2) is 7.68. The van der Waals surface area contributed by atoms with Crippen LogP contribution in [0.3, 0.4) is 0 Å². The largest absolute Gasteiger partial charge is 0.489 e. The first-order valence-corrected chi connectivity index (χ1v) is 8.37. The van der Waals surface area contributed by atoms with Gasteiger partial charge in [-0.2, -0.15) is 0 Å².